The van der Waals surface area contributed by atoms with Crippen molar-refractivity contribution in [1.29, 1.82) is 0 Å². The van der Waals surface area contributed by atoms with Gasteiger partial charge in [0, 0.05) is 10.7 Å². The lowest BCUT2D eigenvalue weighted by molar-refractivity contribution is -0.114. The standard InChI is InChI=1S/C25H24Cl2N2O5S/c1-4-34-25(31)20-14-18(10-13-22(20)27)28-24(30)15-29(23-7-5-6-21(26)17(23)3)35(32,33)19-11-8-16(2)9-12-19/h5-14H,4,15H2,1-3H3,(H,28,30). The van der Waals surface area contributed by atoms with Crippen LogP contribution in [0.15, 0.2) is 65.6 Å². The van der Waals surface area contributed by atoms with E-state index in [0.717, 1.165) is 9.87 Å². The molecular formula is C25H24Cl2N2O5S. The van der Waals surface area contributed by atoms with E-state index in [1.807, 2.05) is 6.92 Å². The smallest absolute Gasteiger partial charge is 0.339 e. The quantitative estimate of drug-likeness (QED) is 0.378. The molecule has 0 saturated carbocycles. The van der Waals surface area contributed by atoms with Crippen LogP contribution in [0.2, 0.25) is 10.0 Å². The van der Waals surface area contributed by atoms with E-state index in [1.165, 1.54) is 30.3 Å². The number of rotatable bonds is 8. The summed E-state index contributed by atoms with van der Waals surface area (Å²) >= 11 is 12.3. The first-order chi connectivity index (χ1) is 16.5. The largest absolute Gasteiger partial charge is 0.462 e. The van der Waals surface area contributed by atoms with E-state index in [2.05, 4.69) is 5.32 Å². The molecule has 184 valence electrons. The topological polar surface area (TPSA) is 92.8 Å². The van der Waals surface area contributed by atoms with E-state index in [4.69, 9.17) is 27.9 Å². The van der Waals surface area contributed by atoms with Crippen LogP contribution in [0, 0.1) is 13.8 Å². The fourth-order valence-corrected chi connectivity index (χ4v) is 5.15. The molecule has 35 heavy (non-hydrogen) atoms. The Kier molecular flexibility index (Phi) is 8.43. The fourth-order valence-electron chi connectivity index (χ4n) is 3.30. The highest BCUT2D eigenvalue weighted by molar-refractivity contribution is 7.92. The minimum Gasteiger partial charge on any atom is -0.462 e. The number of halogens is 2. The Morgan fingerprint density at radius 3 is 2.31 bits per heavy atom. The van der Waals surface area contributed by atoms with Gasteiger partial charge in [0.15, 0.2) is 0 Å². The van der Waals surface area contributed by atoms with E-state index in [9.17, 15) is 18.0 Å². The first-order valence-corrected chi connectivity index (χ1v) is 12.8. The second-order valence-electron chi connectivity index (χ2n) is 7.67. The van der Waals surface area contributed by atoms with Crippen molar-refractivity contribution >= 4 is 56.5 Å². The Balaban J connectivity index is 1.96. The van der Waals surface area contributed by atoms with E-state index in [1.54, 1.807) is 44.2 Å². The first kappa shape index (κ1) is 26.5. The van der Waals surface area contributed by atoms with Crippen LogP contribution in [0.4, 0.5) is 11.4 Å². The van der Waals surface area contributed by atoms with Gasteiger partial charge in [-0.25, -0.2) is 13.2 Å². The molecule has 0 spiro atoms. The fraction of sp³-hybridized carbons (Fsp3) is 0.200. The number of aryl methyl sites for hydroxylation is 1. The van der Waals surface area contributed by atoms with Crippen molar-refractivity contribution in [2.24, 2.45) is 0 Å². The third kappa shape index (κ3) is 6.14. The van der Waals surface area contributed by atoms with Crippen LogP contribution >= 0.6 is 23.2 Å². The summed E-state index contributed by atoms with van der Waals surface area (Å²) in [5.74, 6) is -1.26. The molecule has 0 unspecified atom stereocenters. The second kappa shape index (κ2) is 11.1. The Labute approximate surface area is 214 Å². The van der Waals surface area contributed by atoms with Crippen molar-refractivity contribution in [3.05, 3.63) is 87.4 Å². The van der Waals surface area contributed by atoms with Crippen molar-refractivity contribution in [3.63, 3.8) is 0 Å². The minimum atomic E-state index is -4.11. The number of benzene rings is 3. The number of nitrogens with zero attached hydrogens (tertiary/aromatic N) is 1. The zero-order valence-corrected chi connectivity index (χ0v) is 21.7. The molecule has 3 aromatic carbocycles. The average molecular weight is 535 g/mol. The van der Waals surface area contributed by atoms with Crippen molar-refractivity contribution in [1.82, 2.24) is 0 Å². The number of ether oxygens (including phenoxy) is 1. The van der Waals surface area contributed by atoms with Crippen LogP contribution in [-0.4, -0.2) is 33.4 Å². The first-order valence-electron chi connectivity index (χ1n) is 10.7. The number of hydrogen-bond acceptors (Lipinski definition) is 5. The van der Waals surface area contributed by atoms with Crippen molar-refractivity contribution in [2.75, 3.05) is 22.8 Å². The van der Waals surface area contributed by atoms with Gasteiger partial charge in [-0.2, -0.15) is 0 Å². The van der Waals surface area contributed by atoms with Crippen molar-refractivity contribution < 1.29 is 22.7 Å². The van der Waals surface area contributed by atoms with Gasteiger partial charge in [-0.1, -0.05) is 47.0 Å². The van der Waals surface area contributed by atoms with Gasteiger partial charge in [-0.3, -0.25) is 9.10 Å². The van der Waals surface area contributed by atoms with Gasteiger partial charge in [0.25, 0.3) is 10.0 Å². The molecule has 0 fully saturated rings. The molecule has 0 atom stereocenters. The molecule has 0 aliphatic carbocycles. The summed E-state index contributed by atoms with van der Waals surface area (Å²) in [5.41, 5.74) is 2.02. The number of amides is 1. The maximum absolute atomic E-state index is 13.6. The highest BCUT2D eigenvalue weighted by Gasteiger charge is 2.29. The molecule has 0 bridgehead atoms. The van der Waals surface area contributed by atoms with Crippen LogP contribution in [0.3, 0.4) is 0 Å². The molecule has 0 radical (unpaired) electrons. The molecule has 1 amide bonds. The SMILES string of the molecule is CCOC(=O)c1cc(NC(=O)CN(c2cccc(Cl)c2C)S(=O)(=O)c2ccc(C)cc2)ccc1Cl. The summed E-state index contributed by atoms with van der Waals surface area (Å²) in [7, 11) is -4.11. The van der Waals surface area contributed by atoms with Crippen LogP contribution in [0.25, 0.3) is 0 Å². The summed E-state index contributed by atoms with van der Waals surface area (Å²) in [6.45, 7) is 4.82. The third-order valence-electron chi connectivity index (χ3n) is 5.15. The Bertz CT molecular complexity index is 1360. The minimum absolute atomic E-state index is 0.0337. The van der Waals surface area contributed by atoms with Crippen LogP contribution in [0.5, 0.6) is 0 Å². The van der Waals surface area contributed by atoms with E-state index >= 15 is 0 Å². The summed E-state index contributed by atoms with van der Waals surface area (Å²) in [6, 6.07) is 15.5. The maximum atomic E-state index is 13.6. The summed E-state index contributed by atoms with van der Waals surface area (Å²) in [5, 5.41) is 3.16. The van der Waals surface area contributed by atoms with Gasteiger partial charge in [0.1, 0.15) is 6.54 Å². The lowest BCUT2D eigenvalue weighted by Crippen LogP contribution is -2.38. The molecule has 0 saturated heterocycles. The van der Waals surface area contributed by atoms with Gasteiger partial charge in [-0.05, 0) is 68.8 Å². The van der Waals surface area contributed by atoms with Gasteiger partial charge in [0.2, 0.25) is 5.91 Å². The lowest BCUT2D eigenvalue weighted by Gasteiger charge is -2.26. The molecule has 7 nitrogen and oxygen atoms in total. The predicted octanol–water partition coefficient (Wildman–Crippen LogP) is 5.62. The number of esters is 1. The highest BCUT2D eigenvalue weighted by Crippen LogP contribution is 2.31. The lowest BCUT2D eigenvalue weighted by atomic mass is 10.2. The van der Waals surface area contributed by atoms with E-state index in [0.29, 0.717) is 10.6 Å². The highest BCUT2D eigenvalue weighted by atomic mass is 35.5. The zero-order chi connectivity index (χ0) is 25.8. The van der Waals surface area contributed by atoms with Gasteiger partial charge < -0.3 is 10.1 Å². The molecule has 0 aliphatic heterocycles. The Morgan fingerprint density at radius 1 is 0.971 bits per heavy atom. The van der Waals surface area contributed by atoms with E-state index in [-0.39, 0.29) is 33.5 Å². The molecule has 3 rings (SSSR count). The summed E-state index contributed by atoms with van der Waals surface area (Å²) < 4.78 is 33.2. The number of anilines is 2. The number of nitrogens with one attached hydrogen (secondary N) is 1. The molecule has 0 heterocycles. The van der Waals surface area contributed by atoms with Crippen LogP contribution < -0.4 is 9.62 Å². The molecule has 3 aromatic rings. The van der Waals surface area contributed by atoms with Crippen LogP contribution in [0.1, 0.15) is 28.4 Å². The normalized spacial score (nSPS) is 11.1. The number of hydrogen-bond donors (Lipinski definition) is 1. The Hall–Kier alpha value is -3.07. The third-order valence-corrected chi connectivity index (χ3v) is 7.66. The van der Waals surface area contributed by atoms with Gasteiger partial charge in [-0.15, -0.1) is 0 Å². The molecule has 10 heteroatoms. The average Bonchev–Trinajstić information content (AvgIpc) is 2.81. The van der Waals surface area contributed by atoms with Gasteiger partial charge in [0.05, 0.1) is 27.8 Å². The second-order valence-corrected chi connectivity index (χ2v) is 10.3. The van der Waals surface area contributed by atoms with E-state index < -0.39 is 28.4 Å². The van der Waals surface area contributed by atoms with Crippen molar-refractivity contribution in [3.8, 4) is 0 Å². The van der Waals surface area contributed by atoms with Crippen LogP contribution in [-0.2, 0) is 19.6 Å². The molecule has 0 aromatic heterocycles. The zero-order valence-electron chi connectivity index (χ0n) is 19.3. The molecular weight excluding hydrogens is 511 g/mol. The van der Waals surface area contributed by atoms with Gasteiger partial charge >= 0.3 is 5.97 Å². The molecule has 0 aliphatic rings. The summed E-state index contributed by atoms with van der Waals surface area (Å²) in [4.78, 5) is 25.2. The predicted molar refractivity (Wildman–Crippen MR) is 138 cm³/mol. The number of carbonyl (C=O) groups is 2. The maximum Gasteiger partial charge on any atom is 0.339 e. The Morgan fingerprint density at radius 2 is 1.66 bits per heavy atom. The monoisotopic (exact) mass is 534 g/mol. The number of sulfonamides is 1. The molecule has 1 N–H and O–H groups in total. The number of carbonyl (C=O) groups excluding carboxylic acids is 2. The summed E-state index contributed by atoms with van der Waals surface area (Å²) in [6.07, 6.45) is 0. The van der Waals surface area contributed by atoms with Crippen molar-refractivity contribution in [2.45, 2.75) is 25.7 Å².